The SMILES string of the molecule is CCC(C)(C(=O)O)n1ccc2ccccc21. The monoisotopic (exact) mass is 217 g/mol. The van der Waals surface area contributed by atoms with Gasteiger partial charge in [0.05, 0.1) is 0 Å². The van der Waals surface area contributed by atoms with Crippen molar-refractivity contribution in [3.05, 3.63) is 36.5 Å². The minimum absolute atomic E-state index is 0.557. The Kier molecular flexibility index (Phi) is 2.46. The molecular weight excluding hydrogens is 202 g/mol. The summed E-state index contributed by atoms with van der Waals surface area (Å²) in [4.78, 5) is 11.4. The second-order valence-corrected chi connectivity index (χ2v) is 4.18. The topological polar surface area (TPSA) is 42.2 Å². The van der Waals surface area contributed by atoms with Gasteiger partial charge in [0.1, 0.15) is 5.54 Å². The van der Waals surface area contributed by atoms with E-state index in [4.69, 9.17) is 0 Å². The molecule has 2 rings (SSSR count). The van der Waals surface area contributed by atoms with Crippen LogP contribution < -0.4 is 0 Å². The van der Waals surface area contributed by atoms with Crippen LogP contribution in [0.1, 0.15) is 20.3 Å². The second-order valence-electron chi connectivity index (χ2n) is 4.18. The molecule has 1 aromatic carbocycles. The normalized spacial score (nSPS) is 14.9. The third-order valence-corrected chi connectivity index (χ3v) is 3.28. The first-order valence-corrected chi connectivity index (χ1v) is 5.39. The zero-order valence-electron chi connectivity index (χ0n) is 9.47. The predicted molar refractivity (Wildman–Crippen MR) is 63.5 cm³/mol. The molecule has 1 aromatic heterocycles. The molecule has 0 fully saturated rings. The van der Waals surface area contributed by atoms with Crippen LogP contribution >= 0.6 is 0 Å². The molecule has 0 spiro atoms. The molecule has 84 valence electrons. The molecule has 1 heterocycles. The predicted octanol–water partition coefficient (Wildman–Crippen LogP) is 2.85. The molecule has 0 aliphatic heterocycles. The van der Waals surface area contributed by atoms with Crippen molar-refractivity contribution in [2.45, 2.75) is 25.8 Å². The highest BCUT2D eigenvalue weighted by molar-refractivity contribution is 5.84. The first-order chi connectivity index (χ1) is 7.59. The first-order valence-electron chi connectivity index (χ1n) is 5.39. The lowest BCUT2D eigenvalue weighted by atomic mass is 9.98. The number of hydrogen-bond acceptors (Lipinski definition) is 1. The van der Waals surface area contributed by atoms with E-state index in [-0.39, 0.29) is 0 Å². The Bertz CT molecular complexity index is 529. The molecule has 0 saturated heterocycles. The summed E-state index contributed by atoms with van der Waals surface area (Å²) in [7, 11) is 0. The molecule has 1 N–H and O–H groups in total. The Morgan fingerprint density at radius 3 is 2.69 bits per heavy atom. The molecule has 0 aliphatic carbocycles. The highest BCUT2D eigenvalue weighted by atomic mass is 16.4. The van der Waals surface area contributed by atoms with Crippen LogP contribution in [0.25, 0.3) is 10.9 Å². The number of hydrogen-bond donors (Lipinski definition) is 1. The summed E-state index contributed by atoms with van der Waals surface area (Å²) in [6.45, 7) is 3.64. The number of carbonyl (C=O) groups is 1. The van der Waals surface area contributed by atoms with Gasteiger partial charge in [-0.05, 0) is 30.9 Å². The Hall–Kier alpha value is -1.77. The molecule has 3 nitrogen and oxygen atoms in total. The fourth-order valence-electron chi connectivity index (χ4n) is 1.94. The standard InChI is InChI=1S/C13H15NO2/c1-3-13(2,12(15)16)14-9-8-10-6-4-5-7-11(10)14/h4-9H,3H2,1-2H3,(H,15,16). The minimum atomic E-state index is -0.872. The highest BCUT2D eigenvalue weighted by Gasteiger charge is 2.33. The maximum Gasteiger partial charge on any atom is 0.329 e. The lowest BCUT2D eigenvalue weighted by Gasteiger charge is -2.26. The van der Waals surface area contributed by atoms with Crippen molar-refractivity contribution in [1.29, 1.82) is 0 Å². The lowest BCUT2D eigenvalue weighted by Crippen LogP contribution is -2.37. The summed E-state index contributed by atoms with van der Waals surface area (Å²) in [6, 6.07) is 9.77. The van der Waals surface area contributed by atoms with Gasteiger partial charge >= 0.3 is 5.97 Å². The van der Waals surface area contributed by atoms with Gasteiger partial charge in [-0.2, -0.15) is 0 Å². The zero-order chi connectivity index (χ0) is 11.8. The summed E-state index contributed by atoms with van der Waals surface area (Å²) in [5.74, 6) is -0.795. The van der Waals surface area contributed by atoms with Crippen molar-refractivity contribution in [3.63, 3.8) is 0 Å². The van der Waals surface area contributed by atoms with E-state index >= 15 is 0 Å². The van der Waals surface area contributed by atoms with E-state index in [1.54, 1.807) is 6.92 Å². The molecule has 0 amide bonds. The Labute approximate surface area is 94.3 Å². The summed E-state index contributed by atoms with van der Waals surface area (Å²) < 4.78 is 1.84. The molecule has 0 bridgehead atoms. The Morgan fingerprint density at radius 2 is 2.06 bits per heavy atom. The van der Waals surface area contributed by atoms with Crippen LogP contribution in [0.15, 0.2) is 36.5 Å². The fraction of sp³-hybridized carbons (Fsp3) is 0.308. The number of carboxylic acid groups (broad SMARTS) is 1. The van der Waals surface area contributed by atoms with Gasteiger partial charge in [-0.15, -0.1) is 0 Å². The third-order valence-electron chi connectivity index (χ3n) is 3.28. The van der Waals surface area contributed by atoms with Gasteiger partial charge < -0.3 is 9.67 Å². The molecule has 2 aromatic rings. The second kappa shape index (κ2) is 3.67. The number of para-hydroxylation sites is 1. The van der Waals surface area contributed by atoms with Crippen molar-refractivity contribution in [1.82, 2.24) is 4.57 Å². The van der Waals surface area contributed by atoms with Gasteiger partial charge in [0.2, 0.25) is 0 Å². The van der Waals surface area contributed by atoms with Crippen molar-refractivity contribution in [2.24, 2.45) is 0 Å². The molecule has 0 saturated carbocycles. The van der Waals surface area contributed by atoms with Gasteiger partial charge in [0.15, 0.2) is 0 Å². The minimum Gasteiger partial charge on any atom is -0.479 e. The fourth-order valence-corrected chi connectivity index (χ4v) is 1.94. The van der Waals surface area contributed by atoms with E-state index in [2.05, 4.69) is 0 Å². The highest BCUT2D eigenvalue weighted by Crippen LogP contribution is 2.27. The number of carboxylic acids is 1. The van der Waals surface area contributed by atoms with E-state index in [9.17, 15) is 9.90 Å². The first kappa shape index (κ1) is 10.7. The van der Waals surface area contributed by atoms with Gasteiger partial charge in [-0.3, -0.25) is 0 Å². The third kappa shape index (κ3) is 1.40. The van der Waals surface area contributed by atoms with Crippen molar-refractivity contribution >= 4 is 16.9 Å². The van der Waals surface area contributed by atoms with E-state index in [1.165, 1.54) is 0 Å². The quantitative estimate of drug-likeness (QED) is 0.859. The molecule has 0 aliphatic rings. The van der Waals surface area contributed by atoms with Gasteiger partial charge in [0, 0.05) is 11.7 Å². The number of aliphatic carboxylic acids is 1. The maximum atomic E-state index is 11.4. The number of fused-ring (bicyclic) bond motifs is 1. The van der Waals surface area contributed by atoms with E-state index < -0.39 is 11.5 Å². The van der Waals surface area contributed by atoms with Crippen molar-refractivity contribution in [3.8, 4) is 0 Å². The Morgan fingerprint density at radius 1 is 1.38 bits per heavy atom. The average Bonchev–Trinajstić information content (AvgIpc) is 2.72. The lowest BCUT2D eigenvalue weighted by molar-refractivity contribution is -0.146. The van der Waals surface area contributed by atoms with Crippen molar-refractivity contribution in [2.75, 3.05) is 0 Å². The molecule has 0 radical (unpaired) electrons. The van der Waals surface area contributed by atoms with E-state index in [0.29, 0.717) is 6.42 Å². The smallest absolute Gasteiger partial charge is 0.329 e. The molecule has 1 atom stereocenters. The largest absolute Gasteiger partial charge is 0.479 e. The zero-order valence-corrected chi connectivity index (χ0v) is 9.47. The van der Waals surface area contributed by atoms with Crippen LogP contribution in [0.4, 0.5) is 0 Å². The van der Waals surface area contributed by atoms with E-state index in [0.717, 1.165) is 10.9 Å². The summed E-state index contributed by atoms with van der Waals surface area (Å²) in [5, 5.41) is 10.4. The molecular formula is C13H15NO2. The van der Waals surface area contributed by atoms with Crippen LogP contribution in [0.3, 0.4) is 0 Å². The van der Waals surface area contributed by atoms with Crippen molar-refractivity contribution < 1.29 is 9.90 Å². The van der Waals surface area contributed by atoms with Crippen LogP contribution in [0.5, 0.6) is 0 Å². The van der Waals surface area contributed by atoms with Crippen LogP contribution in [0, 0.1) is 0 Å². The Balaban J connectivity index is 2.67. The number of rotatable bonds is 3. The van der Waals surface area contributed by atoms with Crippen LogP contribution in [-0.4, -0.2) is 15.6 Å². The molecule has 3 heteroatoms. The summed E-state index contributed by atoms with van der Waals surface area (Å²) in [6.07, 6.45) is 2.41. The van der Waals surface area contributed by atoms with Crippen LogP contribution in [-0.2, 0) is 10.3 Å². The van der Waals surface area contributed by atoms with Gasteiger partial charge in [-0.1, -0.05) is 25.1 Å². The van der Waals surface area contributed by atoms with Gasteiger partial charge in [-0.25, -0.2) is 4.79 Å². The number of aromatic nitrogens is 1. The molecule has 1 unspecified atom stereocenters. The van der Waals surface area contributed by atoms with Crippen LogP contribution in [0.2, 0.25) is 0 Å². The number of benzene rings is 1. The van der Waals surface area contributed by atoms with Gasteiger partial charge in [0.25, 0.3) is 0 Å². The maximum absolute atomic E-state index is 11.4. The average molecular weight is 217 g/mol. The number of nitrogens with zero attached hydrogens (tertiary/aromatic N) is 1. The summed E-state index contributed by atoms with van der Waals surface area (Å²) in [5.41, 5.74) is 0.0950. The summed E-state index contributed by atoms with van der Waals surface area (Å²) >= 11 is 0. The van der Waals surface area contributed by atoms with E-state index in [1.807, 2.05) is 48.0 Å². The molecule has 16 heavy (non-hydrogen) atoms.